The van der Waals surface area contributed by atoms with Gasteiger partial charge in [0.1, 0.15) is 12.4 Å². The average Bonchev–Trinajstić information content (AvgIpc) is 2.66. The fourth-order valence-electron chi connectivity index (χ4n) is 3.04. The van der Waals surface area contributed by atoms with Gasteiger partial charge in [-0.05, 0) is 61.2 Å². The number of rotatable bonds is 6. The molecule has 0 unspecified atom stereocenters. The molecule has 0 bridgehead atoms. The second-order valence-electron chi connectivity index (χ2n) is 7.04. The molecule has 0 aromatic heterocycles. The summed E-state index contributed by atoms with van der Waals surface area (Å²) >= 11 is 0. The SMILES string of the molecule is CC1(CNC(=O)c2ccc(COc3ccccc3)cc2)CCNCC1.Cl. The Hall–Kier alpha value is -2.04. The summed E-state index contributed by atoms with van der Waals surface area (Å²) in [5.74, 6) is 0.842. The molecule has 1 aliphatic rings. The number of halogens is 1. The summed E-state index contributed by atoms with van der Waals surface area (Å²) in [6.45, 7) is 5.53. The van der Waals surface area contributed by atoms with E-state index in [2.05, 4.69) is 17.6 Å². The van der Waals surface area contributed by atoms with Gasteiger partial charge in [-0.15, -0.1) is 12.4 Å². The summed E-state index contributed by atoms with van der Waals surface area (Å²) in [7, 11) is 0. The van der Waals surface area contributed by atoms with Crippen molar-refractivity contribution in [1.82, 2.24) is 10.6 Å². The molecule has 1 aliphatic heterocycles. The van der Waals surface area contributed by atoms with Crippen molar-refractivity contribution in [3.63, 3.8) is 0 Å². The molecule has 0 saturated carbocycles. The summed E-state index contributed by atoms with van der Waals surface area (Å²) in [5, 5.41) is 6.45. The summed E-state index contributed by atoms with van der Waals surface area (Å²) in [5.41, 5.74) is 1.94. The van der Waals surface area contributed by atoms with Crippen LogP contribution < -0.4 is 15.4 Å². The van der Waals surface area contributed by atoms with Crippen molar-refractivity contribution in [3.8, 4) is 5.75 Å². The third-order valence-electron chi connectivity index (χ3n) is 4.85. The van der Waals surface area contributed by atoms with Crippen LogP contribution in [-0.4, -0.2) is 25.5 Å². The van der Waals surface area contributed by atoms with Crippen LogP contribution >= 0.6 is 12.4 Å². The minimum Gasteiger partial charge on any atom is -0.489 e. The van der Waals surface area contributed by atoms with E-state index in [0.29, 0.717) is 12.2 Å². The lowest BCUT2D eigenvalue weighted by Crippen LogP contribution is -2.42. The van der Waals surface area contributed by atoms with E-state index in [0.717, 1.165) is 43.8 Å². The first-order valence-electron chi connectivity index (χ1n) is 8.90. The fraction of sp³-hybridized carbons (Fsp3) is 0.381. The zero-order valence-electron chi connectivity index (χ0n) is 15.2. The third kappa shape index (κ3) is 5.75. The minimum atomic E-state index is -0.00437. The van der Waals surface area contributed by atoms with Gasteiger partial charge in [-0.25, -0.2) is 0 Å². The molecule has 0 spiro atoms. The molecule has 2 aromatic carbocycles. The molecule has 0 atom stereocenters. The Morgan fingerprint density at radius 2 is 1.73 bits per heavy atom. The van der Waals surface area contributed by atoms with Crippen molar-refractivity contribution < 1.29 is 9.53 Å². The first-order chi connectivity index (χ1) is 12.1. The Labute approximate surface area is 161 Å². The van der Waals surface area contributed by atoms with Gasteiger partial charge in [-0.2, -0.15) is 0 Å². The van der Waals surface area contributed by atoms with Crippen LogP contribution in [0.5, 0.6) is 5.75 Å². The van der Waals surface area contributed by atoms with Gasteiger partial charge >= 0.3 is 0 Å². The van der Waals surface area contributed by atoms with Gasteiger partial charge in [-0.3, -0.25) is 4.79 Å². The lowest BCUT2D eigenvalue weighted by molar-refractivity contribution is 0.0922. The Morgan fingerprint density at radius 1 is 1.08 bits per heavy atom. The number of amides is 1. The van der Waals surface area contributed by atoms with Gasteiger partial charge in [-0.1, -0.05) is 37.3 Å². The molecule has 4 nitrogen and oxygen atoms in total. The molecule has 140 valence electrons. The molecule has 0 aliphatic carbocycles. The van der Waals surface area contributed by atoms with E-state index in [1.807, 2.05) is 54.6 Å². The maximum Gasteiger partial charge on any atom is 0.251 e. The number of carbonyl (C=O) groups excluding carboxylic acids is 1. The molecular formula is C21H27ClN2O2. The van der Waals surface area contributed by atoms with Gasteiger partial charge in [0.2, 0.25) is 0 Å². The second kappa shape index (κ2) is 9.60. The smallest absolute Gasteiger partial charge is 0.251 e. The topological polar surface area (TPSA) is 50.4 Å². The van der Waals surface area contributed by atoms with Gasteiger partial charge < -0.3 is 15.4 Å². The number of benzene rings is 2. The van der Waals surface area contributed by atoms with Crippen LogP contribution in [0, 0.1) is 5.41 Å². The molecule has 2 aromatic rings. The fourth-order valence-corrected chi connectivity index (χ4v) is 3.04. The van der Waals surface area contributed by atoms with E-state index in [-0.39, 0.29) is 23.7 Å². The summed E-state index contributed by atoms with van der Waals surface area (Å²) in [6, 6.07) is 17.4. The van der Waals surface area contributed by atoms with Crippen molar-refractivity contribution in [3.05, 3.63) is 65.7 Å². The number of nitrogens with one attached hydrogen (secondary N) is 2. The van der Waals surface area contributed by atoms with Gasteiger partial charge in [0.25, 0.3) is 5.91 Å². The summed E-state index contributed by atoms with van der Waals surface area (Å²) in [6.07, 6.45) is 2.20. The molecule has 1 heterocycles. The highest BCUT2D eigenvalue weighted by Gasteiger charge is 2.27. The van der Waals surface area contributed by atoms with Crippen LogP contribution in [0.1, 0.15) is 35.7 Å². The van der Waals surface area contributed by atoms with E-state index < -0.39 is 0 Å². The Morgan fingerprint density at radius 3 is 2.38 bits per heavy atom. The first kappa shape index (κ1) is 20.3. The first-order valence-corrected chi connectivity index (χ1v) is 8.90. The quantitative estimate of drug-likeness (QED) is 0.808. The lowest BCUT2D eigenvalue weighted by Gasteiger charge is -2.34. The monoisotopic (exact) mass is 374 g/mol. The van der Waals surface area contributed by atoms with Crippen molar-refractivity contribution in [1.29, 1.82) is 0 Å². The Bertz CT molecular complexity index is 683. The normalized spacial score (nSPS) is 15.6. The van der Waals surface area contributed by atoms with Gasteiger partial charge in [0.05, 0.1) is 0 Å². The van der Waals surface area contributed by atoms with Crippen molar-refractivity contribution in [2.24, 2.45) is 5.41 Å². The minimum absolute atomic E-state index is 0. The molecule has 0 radical (unpaired) electrons. The predicted molar refractivity (Wildman–Crippen MR) is 107 cm³/mol. The average molecular weight is 375 g/mol. The molecular weight excluding hydrogens is 348 g/mol. The molecule has 1 amide bonds. The highest BCUT2D eigenvalue weighted by Crippen LogP contribution is 2.26. The number of piperidine rings is 1. The maximum absolute atomic E-state index is 12.4. The molecule has 3 rings (SSSR count). The molecule has 1 saturated heterocycles. The lowest BCUT2D eigenvalue weighted by atomic mass is 9.81. The molecule has 5 heteroatoms. The maximum atomic E-state index is 12.4. The van der Waals surface area contributed by atoms with Gasteiger partial charge in [0.15, 0.2) is 0 Å². The van der Waals surface area contributed by atoms with Crippen LogP contribution in [0.4, 0.5) is 0 Å². The highest BCUT2D eigenvalue weighted by atomic mass is 35.5. The van der Waals surface area contributed by atoms with Crippen LogP contribution in [-0.2, 0) is 6.61 Å². The number of carbonyl (C=O) groups is 1. The molecule has 26 heavy (non-hydrogen) atoms. The highest BCUT2D eigenvalue weighted by molar-refractivity contribution is 5.94. The summed E-state index contributed by atoms with van der Waals surface area (Å²) in [4.78, 5) is 12.4. The van der Waals surface area contributed by atoms with E-state index in [1.54, 1.807) is 0 Å². The Kier molecular flexibility index (Phi) is 7.49. The van der Waals surface area contributed by atoms with Crippen molar-refractivity contribution in [2.45, 2.75) is 26.4 Å². The standard InChI is InChI=1S/C21H26N2O2.ClH/c1-21(11-13-22-14-12-21)16-23-20(24)18-9-7-17(8-10-18)15-25-19-5-3-2-4-6-19;/h2-10,22H,11-16H2,1H3,(H,23,24);1H. The number of ether oxygens (including phenoxy) is 1. The van der Waals surface area contributed by atoms with Crippen molar-refractivity contribution in [2.75, 3.05) is 19.6 Å². The van der Waals surface area contributed by atoms with Crippen LogP contribution in [0.2, 0.25) is 0 Å². The van der Waals surface area contributed by atoms with E-state index >= 15 is 0 Å². The predicted octanol–water partition coefficient (Wildman–Crippen LogP) is 3.81. The zero-order valence-corrected chi connectivity index (χ0v) is 16.0. The van der Waals surface area contributed by atoms with Crippen LogP contribution in [0.3, 0.4) is 0 Å². The number of hydrogen-bond donors (Lipinski definition) is 2. The largest absolute Gasteiger partial charge is 0.489 e. The summed E-state index contributed by atoms with van der Waals surface area (Å²) < 4.78 is 5.73. The van der Waals surface area contributed by atoms with Crippen LogP contribution in [0.25, 0.3) is 0 Å². The van der Waals surface area contributed by atoms with E-state index in [9.17, 15) is 4.79 Å². The van der Waals surface area contributed by atoms with E-state index in [1.165, 1.54) is 0 Å². The van der Waals surface area contributed by atoms with Crippen LogP contribution in [0.15, 0.2) is 54.6 Å². The van der Waals surface area contributed by atoms with Crippen molar-refractivity contribution >= 4 is 18.3 Å². The number of para-hydroxylation sites is 1. The Balaban J connectivity index is 0.00000243. The number of hydrogen-bond acceptors (Lipinski definition) is 3. The molecule has 2 N–H and O–H groups in total. The van der Waals surface area contributed by atoms with E-state index in [4.69, 9.17) is 4.74 Å². The second-order valence-corrected chi connectivity index (χ2v) is 7.04. The van der Waals surface area contributed by atoms with Gasteiger partial charge in [0, 0.05) is 12.1 Å². The zero-order chi connectivity index (χ0) is 17.5. The third-order valence-corrected chi connectivity index (χ3v) is 4.85. The molecule has 1 fully saturated rings.